The zero-order valence-corrected chi connectivity index (χ0v) is 24.8. The van der Waals surface area contributed by atoms with E-state index in [-0.39, 0.29) is 0 Å². The number of hydrogen-bond donors (Lipinski definition) is 1. The summed E-state index contributed by atoms with van der Waals surface area (Å²) in [6, 6.07) is 23.2. The smallest absolute Gasteiger partial charge is 0.357 e. The van der Waals surface area contributed by atoms with Crippen LogP contribution in [0.3, 0.4) is 0 Å². The van der Waals surface area contributed by atoms with Crippen LogP contribution >= 0.6 is 0 Å². The number of benzene rings is 2. The molecule has 1 fully saturated rings. The molecule has 1 saturated heterocycles. The van der Waals surface area contributed by atoms with Crippen molar-refractivity contribution in [3.05, 3.63) is 138 Å². The van der Waals surface area contributed by atoms with E-state index in [1.807, 2.05) is 55.6 Å². The summed E-state index contributed by atoms with van der Waals surface area (Å²) in [5.74, 6) is 1.14. The van der Waals surface area contributed by atoms with Crippen molar-refractivity contribution in [1.82, 2.24) is 15.3 Å². The summed E-state index contributed by atoms with van der Waals surface area (Å²) in [7, 11) is 1.75. The molecule has 5 rings (SSSR count). The molecule has 0 saturated carbocycles. The Balaban J connectivity index is 0.000000269. The monoisotopic (exact) mass is 574 g/mol. The standard InChI is InChI=1S/C22H21F3N2.C11H16N2.C2H4/c1-16-11-12-20(27-15-16)21(26-2,14-17-7-4-3-5-8-17)18-9-6-10-19(13-18)22(23,24)25;1-10-5-6-11(12-9-10)13-7-3-2-4-8-13;1-2/h3-13,15,26H,14H2,1-2H3;5-6,9H,2-4,7-8H2,1H3;1-2H2. The highest BCUT2D eigenvalue weighted by Crippen LogP contribution is 2.36. The molecule has 1 N–H and O–H groups in total. The molecule has 0 aliphatic carbocycles. The van der Waals surface area contributed by atoms with E-state index in [1.165, 1.54) is 50.0 Å². The van der Waals surface area contributed by atoms with Crippen molar-refractivity contribution in [3.63, 3.8) is 0 Å². The molecule has 3 heterocycles. The summed E-state index contributed by atoms with van der Waals surface area (Å²) in [6.45, 7) is 12.4. The number of anilines is 1. The topological polar surface area (TPSA) is 41.1 Å². The molecular formula is C35H41F3N4. The normalized spacial score (nSPS) is 14.5. The van der Waals surface area contributed by atoms with Crippen LogP contribution in [0, 0.1) is 13.8 Å². The lowest BCUT2D eigenvalue weighted by Gasteiger charge is -2.34. The van der Waals surface area contributed by atoms with Crippen LogP contribution in [0.2, 0.25) is 0 Å². The highest BCUT2D eigenvalue weighted by molar-refractivity contribution is 5.41. The first kappa shape index (κ1) is 32.5. The molecule has 0 radical (unpaired) electrons. The van der Waals surface area contributed by atoms with Crippen molar-refractivity contribution in [3.8, 4) is 0 Å². The summed E-state index contributed by atoms with van der Waals surface area (Å²) in [6.07, 6.45) is 3.77. The SMILES string of the molecule is C=C.CNC(Cc1ccccc1)(c1cccc(C(F)(F)F)c1)c1ccc(C)cn1.Cc1ccc(N2CCCCC2)nc1. The van der Waals surface area contributed by atoms with Crippen molar-refractivity contribution >= 4 is 5.82 Å². The van der Waals surface area contributed by atoms with Crippen molar-refractivity contribution in [2.24, 2.45) is 0 Å². The van der Waals surface area contributed by atoms with Crippen LogP contribution in [0.15, 0.2) is 104 Å². The van der Waals surface area contributed by atoms with Crippen molar-refractivity contribution < 1.29 is 13.2 Å². The van der Waals surface area contributed by atoms with Gasteiger partial charge in [-0.15, -0.1) is 13.2 Å². The Morgan fingerprint density at radius 2 is 1.38 bits per heavy atom. The van der Waals surface area contributed by atoms with Crippen LogP contribution in [-0.4, -0.2) is 30.1 Å². The molecule has 4 aromatic rings. The second kappa shape index (κ2) is 15.3. The van der Waals surface area contributed by atoms with Gasteiger partial charge in [0, 0.05) is 31.9 Å². The van der Waals surface area contributed by atoms with Crippen molar-refractivity contribution in [1.29, 1.82) is 0 Å². The number of nitrogens with one attached hydrogen (secondary N) is 1. The molecule has 0 amide bonds. The van der Waals surface area contributed by atoms with Gasteiger partial charge in [0.05, 0.1) is 16.8 Å². The third-order valence-corrected chi connectivity index (χ3v) is 7.35. The molecule has 1 aliphatic heterocycles. The van der Waals surface area contributed by atoms with Gasteiger partial charge >= 0.3 is 6.18 Å². The molecule has 2 aromatic carbocycles. The van der Waals surface area contributed by atoms with Gasteiger partial charge in [0.15, 0.2) is 0 Å². The van der Waals surface area contributed by atoms with Crippen LogP contribution in [0.25, 0.3) is 0 Å². The number of aryl methyl sites for hydroxylation is 2. The predicted octanol–water partition coefficient (Wildman–Crippen LogP) is 8.30. The Morgan fingerprint density at radius 3 is 1.93 bits per heavy atom. The lowest BCUT2D eigenvalue weighted by atomic mass is 9.80. The lowest BCUT2D eigenvalue weighted by molar-refractivity contribution is -0.137. The minimum atomic E-state index is -4.40. The zero-order chi connectivity index (χ0) is 30.6. The fourth-order valence-electron chi connectivity index (χ4n) is 5.05. The largest absolute Gasteiger partial charge is 0.416 e. The minimum Gasteiger partial charge on any atom is -0.357 e. The summed E-state index contributed by atoms with van der Waals surface area (Å²) in [5.41, 5.74) is 2.90. The number of piperidine rings is 1. The van der Waals surface area contributed by atoms with E-state index >= 15 is 0 Å². The van der Waals surface area contributed by atoms with E-state index in [4.69, 9.17) is 0 Å². The average Bonchev–Trinajstić information content (AvgIpc) is 3.03. The van der Waals surface area contributed by atoms with Gasteiger partial charge in [-0.05, 0) is 86.7 Å². The fraction of sp³-hybridized carbons (Fsp3) is 0.314. The second-order valence-electron chi connectivity index (χ2n) is 10.4. The third-order valence-electron chi connectivity index (χ3n) is 7.35. The summed E-state index contributed by atoms with van der Waals surface area (Å²) >= 11 is 0. The molecule has 4 nitrogen and oxygen atoms in total. The maximum Gasteiger partial charge on any atom is 0.416 e. The Kier molecular flexibility index (Phi) is 11.9. The number of likely N-dealkylation sites (N-methyl/N-ethyl adjacent to an activating group) is 1. The maximum absolute atomic E-state index is 13.3. The molecule has 7 heteroatoms. The molecule has 1 unspecified atom stereocenters. The first-order valence-corrected chi connectivity index (χ1v) is 14.2. The van der Waals surface area contributed by atoms with Crippen molar-refractivity contribution in [2.45, 2.75) is 51.2 Å². The summed E-state index contributed by atoms with van der Waals surface area (Å²) in [4.78, 5) is 11.3. The van der Waals surface area contributed by atoms with Crippen LogP contribution in [-0.2, 0) is 18.1 Å². The van der Waals surface area contributed by atoms with Crippen molar-refractivity contribution in [2.75, 3.05) is 25.0 Å². The quantitative estimate of drug-likeness (QED) is 0.235. The Hall–Kier alpha value is -3.97. The van der Waals surface area contributed by atoms with Gasteiger partial charge in [0.25, 0.3) is 0 Å². The molecule has 0 bridgehead atoms. The van der Waals surface area contributed by atoms with Crippen LogP contribution < -0.4 is 10.2 Å². The molecular weight excluding hydrogens is 533 g/mol. The van der Waals surface area contributed by atoms with E-state index in [9.17, 15) is 13.2 Å². The molecule has 1 aliphatic rings. The molecule has 2 aromatic heterocycles. The van der Waals surface area contributed by atoms with E-state index in [0.717, 1.165) is 23.0 Å². The van der Waals surface area contributed by atoms with E-state index < -0.39 is 17.3 Å². The van der Waals surface area contributed by atoms with Gasteiger partial charge in [-0.1, -0.05) is 54.6 Å². The van der Waals surface area contributed by atoms with Gasteiger partial charge in [-0.25, -0.2) is 4.98 Å². The summed E-state index contributed by atoms with van der Waals surface area (Å²) < 4.78 is 39.9. The predicted molar refractivity (Wildman–Crippen MR) is 167 cm³/mol. The first-order valence-electron chi connectivity index (χ1n) is 14.2. The van der Waals surface area contributed by atoms with Crippen LogP contribution in [0.5, 0.6) is 0 Å². The van der Waals surface area contributed by atoms with Crippen LogP contribution in [0.4, 0.5) is 19.0 Å². The van der Waals surface area contributed by atoms with Crippen LogP contribution in [0.1, 0.15) is 52.8 Å². The summed E-state index contributed by atoms with van der Waals surface area (Å²) in [5, 5.41) is 3.26. The number of hydrogen-bond acceptors (Lipinski definition) is 4. The van der Waals surface area contributed by atoms with E-state index in [1.54, 1.807) is 19.3 Å². The number of aromatic nitrogens is 2. The van der Waals surface area contributed by atoms with E-state index in [0.29, 0.717) is 17.7 Å². The molecule has 222 valence electrons. The van der Waals surface area contributed by atoms with Gasteiger partial charge in [-0.2, -0.15) is 13.2 Å². The fourth-order valence-corrected chi connectivity index (χ4v) is 5.05. The number of halogens is 3. The molecule has 42 heavy (non-hydrogen) atoms. The second-order valence-corrected chi connectivity index (χ2v) is 10.4. The zero-order valence-electron chi connectivity index (χ0n) is 24.8. The molecule has 1 atom stereocenters. The maximum atomic E-state index is 13.3. The lowest BCUT2D eigenvalue weighted by Crippen LogP contribution is -2.44. The third kappa shape index (κ3) is 8.52. The average molecular weight is 575 g/mol. The molecule has 0 spiro atoms. The number of pyridine rings is 2. The van der Waals surface area contributed by atoms with Gasteiger partial charge < -0.3 is 10.2 Å². The Labute approximate surface area is 248 Å². The Morgan fingerprint density at radius 1 is 0.762 bits per heavy atom. The highest BCUT2D eigenvalue weighted by atomic mass is 19.4. The number of nitrogens with zero attached hydrogens (tertiary/aromatic N) is 3. The highest BCUT2D eigenvalue weighted by Gasteiger charge is 2.37. The van der Waals surface area contributed by atoms with E-state index in [2.05, 4.69) is 52.4 Å². The Bertz CT molecular complexity index is 1350. The first-order chi connectivity index (χ1) is 20.2. The number of rotatable bonds is 6. The van der Waals surface area contributed by atoms with Gasteiger partial charge in [-0.3, -0.25) is 4.98 Å². The number of alkyl halides is 3. The minimum absolute atomic E-state index is 0.474. The van der Waals surface area contributed by atoms with Gasteiger partial charge in [0.2, 0.25) is 0 Å². The van der Waals surface area contributed by atoms with Gasteiger partial charge in [0.1, 0.15) is 5.82 Å².